The molecule has 3 aromatic rings. The van der Waals surface area contributed by atoms with Crippen LogP contribution in [-0.4, -0.2) is 29.8 Å². The highest BCUT2D eigenvalue weighted by molar-refractivity contribution is 6.10. The normalized spacial score (nSPS) is 11.9. The first kappa shape index (κ1) is 16.9. The fourth-order valence-electron chi connectivity index (χ4n) is 3.46. The molecule has 0 atom stereocenters. The van der Waals surface area contributed by atoms with Crippen LogP contribution in [0, 0.1) is 11.3 Å². The van der Waals surface area contributed by atoms with Crippen molar-refractivity contribution in [2.24, 2.45) is 0 Å². The molecule has 0 saturated heterocycles. The molecule has 0 unspecified atom stereocenters. The Bertz CT molecular complexity index is 1080. The molecule has 0 fully saturated rings. The second kappa shape index (κ2) is 6.61. The van der Waals surface area contributed by atoms with Crippen molar-refractivity contribution in [1.82, 2.24) is 9.78 Å². The molecule has 1 aliphatic heterocycles. The zero-order chi connectivity index (χ0) is 19.0. The lowest BCUT2D eigenvalue weighted by molar-refractivity contribution is 0.103. The van der Waals surface area contributed by atoms with Crippen molar-refractivity contribution in [2.75, 3.05) is 14.2 Å². The third-order valence-electron chi connectivity index (χ3n) is 4.77. The lowest BCUT2D eigenvalue weighted by atomic mass is 9.94. The molecule has 1 aliphatic rings. The van der Waals surface area contributed by atoms with Crippen molar-refractivity contribution in [2.45, 2.75) is 13.0 Å². The molecular formula is C21H17N3O3. The van der Waals surface area contributed by atoms with Crippen molar-refractivity contribution in [3.63, 3.8) is 0 Å². The zero-order valence-electron chi connectivity index (χ0n) is 15.0. The minimum Gasteiger partial charge on any atom is -0.493 e. The second-order valence-corrected chi connectivity index (χ2v) is 6.22. The Kier molecular flexibility index (Phi) is 4.13. The van der Waals surface area contributed by atoms with Gasteiger partial charge in [0.15, 0.2) is 17.2 Å². The Balaban J connectivity index is 1.91. The van der Waals surface area contributed by atoms with Crippen LogP contribution in [0.3, 0.4) is 0 Å². The summed E-state index contributed by atoms with van der Waals surface area (Å²) < 4.78 is 12.5. The van der Waals surface area contributed by atoms with Crippen LogP contribution in [0.1, 0.15) is 27.2 Å². The van der Waals surface area contributed by atoms with E-state index in [-0.39, 0.29) is 17.0 Å². The highest BCUT2D eigenvalue weighted by atomic mass is 16.5. The second-order valence-electron chi connectivity index (χ2n) is 6.22. The summed E-state index contributed by atoms with van der Waals surface area (Å²) in [6.45, 7) is 0.592. The van der Waals surface area contributed by atoms with Gasteiger partial charge in [0, 0.05) is 17.7 Å². The molecule has 2 aromatic carbocycles. The first-order chi connectivity index (χ1) is 13.2. The van der Waals surface area contributed by atoms with E-state index >= 15 is 0 Å². The van der Waals surface area contributed by atoms with Crippen molar-refractivity contribution in [3.05, 3.63) is 64.8 Å². The number of nitrogens with zero attached hydrogens (tertiary/aromatic N) is 3. The lowest BCUT2D eigenvalue weighted by Crippen LogP contribution is -2.13. The summed E-state index contributed by atoms with van der Waals surface area (Å²) in [5, 5.41) is 14.3. The number of aromatic nitrogens is 2. The number of hydrogen-bond acceptors (Lipinski definition) is 5. The molecule has 0 aliphatic carbocycles. The van der Waals surface area contributed by atoms with Crippen LogP contribution in [-0.2, 0) is 13.0 Å². The van der Waals surface area contributed by atoms with E-state index in [2.05, 4.69) is 11.2 Å². The van der Waals surface area contributed by atoms with Gasteiger partial charge < -0.3 is 9.47 Å². The first-order valence-corrected chi connectivity index (χ1v) is 8.53. The Morgan fingerprint density at radius 3 is 2.52 bits per heavy atom. The number of rotatable bonds is 4. The maximum Gasteiger partial charge on any atom is 0.214 e. The number of nitriles is 1. The van der Waals surface area contributed by atoms with Gasteiger partial charge in [-0.3, -0.25) is 9.48 Å². The molecular weight excluding hydrogens is 342 g/mol. The number of ketones is 1. The van der Waals surface area contributed by atoms with Gasteiger partial charge in [-0.1, -0.05) is 30.3 Å². The van der Waals surface area contributed by atoms with Gasteiger partial charge in [0.1, 0.15) is 11.6 Å². The van der Waals surface area contributed by atoms with Gasteiger partial charge in [-0.05, 0) is 24.1 Å². The summed E-state index contributed by atoms with van der Waals surface area (Å²) in [4.78, 5) is 12.9. The summed E-state index contributed by atoms with van der Waals surface area (Å²) in [6.07, 6.45) is 0.730. The van der Waals surface area contributed by atoms with Gasteiger partial charge in [-0.2, -0.15) is 10.4 Å². The quantitative estimate of drug-likeness (QED) is 0.669. The van der Waals surface area contributed by atoms with Gasteiger partial charge in [0.25, 0.3) is 0 Å². The third-order valence-corrected chi connectivity index (χ3v) is 4.77. The monoisotopic (exact) mass is 359 g/mol. The topological polar surface area (TPSA) is 77.1 Å². The van der Waals surface area contributed by atoms with Gasteiger partial charge in [0.2, 0.25) is 5.78 Å². The van der Waals surface area contributed by atoms with E-state index in [1.54, 1.807) is 43.2 Å². The Labute approximate surface area is 156 Å². The third kappa shape index (κ3) is 2.64. The van der Waals surface area contributed by atoms with Gasteiger partial charge >= 0.3 is 0 Å². The summed E-state index contributed by atoms with van der Waals surface area (Å²) in [6, 6.07) is 14.8. The van der Waals surface area contributed by atoms with Crippen LogP contribution in [0.5, 0.6) is 11.5 Å². The van der Waals surface area contributed by atoms with Crippen LogP contribution in [0.4, 0.5) is 0 Å². The number of aryl methyl sites for hydroxylation is 2. The van der Waals surface area contributed by atoms with E-state index in [0.717, 1.165) is 17.5 Å². The van der Waals surface area contributed by atoms with E-state index in [1.807, 2.05) is 18.2 Å². The minimum absolute atomic E-state index is 0.182. The maximum absolute atomic E-state index is 12.9. The number of carbonyl (C=O) groups is 1. The number of hydrogen-bond donors (Lipinski definition) is 0. The largest absolute Gasteiger partial charge is 0.493 e. The van der Waals surface area contributed by atoms with E-state index in [0.29, 0.717) is 29.3 Å². The zero-order valence-corrected chi connectivity index (χ0v) is 15.0. The van der Waals surface area contributed by atoms with Crippen LogP contribution in [0.25, 0.3) is 11.3 Å². The van der Waals surface area contributed by atoms with Crippen LogP contribution in [0.15, 0.2) is 42.5 Å². The predicted octanol–water partition coefficient (Wildman–Crippen LogP) is 3.23. The van der Waals surface area contributed by atoms with Crippen LogP contribution < -0.4 is 9.47 Å². The highest BCUT2D eigenvalue weighted by Crippen LogP contribution is 2.40. The maximum atomic E-state index is 12.9. The number of methoxy groups -OCH3 is 2. The first-order valence-electron chi connectivity index (χ1n) is 8.53. The fraction of sp³-hybridized carbons (Fsp3) is 0.190. The van der Waals surface area contributed by atoms with E-state index in [1.165, 1.54) is 0 Å². The molecule has 6 nitrogen and oxygen atoms in total. The standard InChI is InChI=1S/C21H17N3O3/c1-26-17-10-14-8-9-24-20(15(14)11-18(17)27-2)16(12-22)19(23-24)21(25)13-6-4-3-5-7-13/h3-7,10-11H,8-9H2,1-2H3. The molecule has 6 heteroatoms. The number of benzene rings is 2. The molecule has 27 heavy (non-hydrogen) atoms. The summed E-state index contributed by atoms with van der Waals surface area (Å²) in [5.74, 6) is 0.963. The summed E-state index contributed by atoms with van der Waals surface area (Å²) in [5.41, 5.74) is 3.51. The van der Waals surface area contributed by atoms with Gasteiger partial charge in [-0.15, -0.1) is 0 Å². The van der Waals surface area contributed by atoms with Crippen molar-refractivity contribution in [1.29, 1.82) is 5.26 Å². The molecule has 134 valence electrons. The van der Waals surface area contributed by atoms with Crippen molar-refractivity contribution in [3.8, 4) is 28.8 Å². The predicted molar refractivity (Wildman–Crippen MR) is 99.1 cm³/mol. The van der Waals surface area contributed by atoms with Crippen molar-refractivity contribution >= 4 is 5.78 Å². The Morgan fingerprint density at radius 2 is 1.85 bits per heavy atom. The van der Waals surface area contributed by atoms with Gasteiger partial charge in [0.05, 0.1) is 19.9 Å². The molecule has 1 aromatic heterocycles. The van der Waals surface area contributed by atoms with Crippen molar-refractivity contribution < 1.29 is 14.3 Å². The van der Waals surface area contributed by atoms with Gasteiger partial charge in [-0.25, -0.2) is 0 Å². The molecule has 0 spiro atoms. The molecule has 0 bridgehead atoms. The molecule has 0 N–H and O–H groups in total. The lowest BCUT2D eigenvalue weighted by Gasteiger charge is -2.20. The smallest absolute Gasteiger partial charge is 0.214 e. The van der Waals surface area contributed by atoms with Crippen LogP contribution >= 0.6 is 0 Å². The molecule has 4 rings (SSSR count). The fourth-order valence-corrected chi connectivity index (χ4v) is 3.46. The molecule has 0 amide bonds. The summed E-state index contributed by atoms with van der Waals surface area (Å²) in [7, 11) is 3.16. The number of ether oxygens (including phenoxy) is 2. The number of carbonyl (C=O) groups excluding carboxylic acids is 1. The van der Waals surface area contributed by atoms with E-state index in [9.17, 15) is 10.1 Å². The average molecular weight is 359 g/mol. The van der Waals surface area contributed by atoms with E-state index < -0.39 is 0 Å². The highest BCUT2D eigenvalue weighted by Gasteiger charge is 2.29. The SMILES string of the molecule is COc1cc2c(cc1OC)-c1c(C#N)c(C(=O)c3ccccc3)nn1CC2. The molecule has 2 heterocycles. The Morgan fingerprint density at radius 1 is 1.15 bits per heavy atom. The minimum atomic E-state index is -0.254. The van der Waals surface area contributed by atoms with Crippen LogP contribution in [0.2, 0.25) is 0 Å². The Hall–Kier alpha value is -3.59. The van der Waals surface area contributed by atoms with E-state index in [4.69, 9.17) is 9.47 Å². The summed E-state index contributed by atoms with van der Waals surface area (Å²) >= 11 is 0. The average Bonchev–Trinajstić information content (AvgIpc) is 3.11. The molecule has 0 saturated carbocycles. The number of fused-ring (bicyclic) bond motifs is 3. The molecule has 0 radical (unpaired) electrons.